The smallest absolute Gasteiger partial charge is 0.234 e. The summed E-state index contributed by atoms with van der Waals surface area (Å²) in [5.41, 5.74) is 1.40. The van der Waals surface area contributed by atoms with Crippen molar-refractivity contribution in [2.45, 2.75) is 31.9 Å². The van der Waals surface area contributed by atoms with Crippen LogP contribution in [0.4, 0.5) is 15.2 Å². The molecule has 1 heterocycles. The molecule has 0 aliphatic rings. The van der Waals surface area contributed by atoms with Gasteiger partial charge >= 0.3 is 0 Å². The molecule has 0 saturated heterocycles. The minimum atomic E-state index is -0.339. The average Bonchev–Trinajstić information content (AvgIpc) is 3.02. The summed E-state index contributed by atoms with van der Waals surface area (Å²) in [6.45, 7) is 2.04. The van der Waals surface area contributed by atoms with Gasteiger partial charge in [0.1, 0.15) is 5.82 Å². The van der Waals surface area contributed by atoms with Crippen molar-refractivity contribution in [2.75, 3.05) is 16.4 Å². The predicted octanol–water partition coefficient (Wildman–Crippen LogP) is 4.28. The highest BCUT2D eigenvalue weighted by Crippen LogP contribution is 2.20. The number of carbonyl (C=O) groups is 2. The molecule has 0 aliphatic heterocycles. The Morgan fingerprint density at radius 3 is 2.68 bits per heavy atom. The first-order valence-corrected chi connectivity index (χ1v) is 9.97. The van der Waals surface area contributed by atoms with Crippen LogP contribution in [0.15, 0.2) is 29.6 Å². The number of thiazole rings is 1. The maximum Gasteiger partial charge on any atom is 0.234 e. The Morgan fingerprint density at radius 1 is 1.20 bits per heavy atom. The molecule has 0 spiro atoms. The maximum atomic E-state index is 12.8. The summed E-state index contributed by atoms with van der Waals surface area (Å²) in [6, 6.07) is 5.64. The Bertz CT molecular complexity index is 704. The molecule has 0 bridgehead atoms. The number of hydrogen-bond donors (Lipinski definition) is 2. The predicted molar refractivity (Wildman–Crippen MR) is 101 cm³/mol. The number of halogens is 1. The van der Waals surface area contributed by atoms with E-state index in [-0.39, 0.29) is 23.4 Å². The molecule has 5 nitrogen and oxygen atoms in total. The number of hydrogen-bond acceptors (Lipinski definition) is 5. The Kier molecular flexibility index (Phi) is 7.87. The second-order valence-corrected chi connectivity index (χ2v) is 7.19. The molecule has 2 aromatic rings. The summed E-state index contributed by atoms with van der Waals surface area (Å²) < 4.78 is 12.8. The quantitative estimate of drug-likeness (QED) is 0.680. The number of amides is 2. The first-order valence-electron chi connectivity index (χ1n) is 7.94. The number of anilines is 2. The first-order chi connectivity index (χ1) is 12.1. The molecule has 2 amide bonds. The summed E-state index contributed by atoms with van der Waals surface area (Å²) in [5, 5.41) is 7.95. The van der Waals surface area contributed by atoms with Gasteiger partial charge in [-0.1, -0.05) is 13.3 Å². The normalized spacial score (nSPS) is 10.5. The van der Waals surface area contributed by atoms with Crippen LogP contribution in [0.5, 0.6) is 0 Å². The van der Waals surface area contributed by atoms with E-state index >= 15 is 0 Å². The van der Waals surface area contributed by atoms with Crippen LogP contribution in [-0.4, -0.2) is 22.6 Å². The standard InChI is InChI=1S/C17H20FN3O2S2/c1-2-3-4-15(22)21-17-20-14(10-25-17)9-24-11-16(23)19-13-7-5-12(18)6-8-13/h5-8,10H,2-4,9,11H2,1H3,(H,19,23)(H,20,21,22). The highest BCUT2D eigenvalue weighted by molar-refractivity contribution is 7.99. The molecule has 8 heteroatoms. The van der Waals surface area contributed by atoms with Crippen molar-refractivity contribution in [2.24, 2.45) is 0 Å². The van der Waals surface area contributed by atoms with Gasteiger partial charge < -0.3 is 10.6 Å². The maximum absolute atomic E-state index is 12.8. The van der Waals surface area contributed by atoms with E-state index in [1.807, 2.05) is 12.3 Å². The molecule has 0 aliphatic carbocycles. The van der Waals surface area contributed by atoms with E-state index in [2.05, 4.69) is 15.6 Å². The van der Waals surface area contributed by atoms with E-state index < -0.39 is 0 Å². The third-order valence-corrected chi connectivity index (χ3v) is 4.94. The lowest BCUT2D eigenvalue weighted by molar-refractivity contribution is -0.116. The SMILES string of the molecule is CCCCC(=O)Nc1nc(CSCC(=O)Nc2ccc(F)cc2)cs1. The molecular formula is C17H20FN3O2S2. The van der Waals surface area contributed by atoms with Crippen LogP contribution in [0, 0.1) is 5.82 Å². The van der Waals surface area contributed by atoms with E-state index in [9.17, 15) is 14.0 Å². The van der Waals surface area contributed by atoms with Crippen molar-refractivity contribution in [3.05, 3.63) is 41.2 Å². The zero-order chi connectivity index (χ0) is 18.1. The fourth-order valence-electron chi connectivity index (χ4n) is 1.93. The van der Waals surface area contributed by atoms with Crippen LogP contribution in [0.3, 0.4) is 0 Å². The highest BCUT2D eigenvalue weighted by atomic mass is 32.2. The minimum absolute atomic E-state index is 0.0194. The zero-order valence-corrected chi connectivity index (χ0v) is 15.5. The molecule has 2 N–H and O–H groups in total. The lowest BCUT2D eigenvalue weighted by Gasteiger charge is -2.04. The Labute approximate surface area is 154 Å². The molecule has 0 saturated carbocycles. The van der Waals surface area contributed by atoms with Gasteiger partial charge in [-0.2, -0.15) is 0 Å². The van der Waals surface area contributed by atoms with E-state index in [1.54, 1.807) is 0 Å². The monoisotopic (exact) mass is 381 g/mol. The number of aromatic nitrogens is 1. The minimum Gasteiger partial charge on any atom is -0.325 e. The summed E-state index contributed by atoms with van der Waals surface area (Å²) in [6.07, 6.45) is 2.35. The molecule has 0 atom stereocenters. The van der Waals surface area contributed by atoms with Crippen LogP contribution in [0.2, 0.25) is 0 Å². The number of unbranched alkanes of at least 4 members (excludes halogenated alkanes) is 1. The van der Waals surface area contributed by atoms with Gasteiger partial charge in [-0.15, -0.1) is 23.1 Å². The van der Waals surface area contributed by atoms with Crippen LogP contribution >= 0.6 is 23.1 Å². The Morgan fingerprint density at radius 2 is 1.96 bits per heavy atom. The lowest BCUT2D eigenvalue weighted by atomic mass is 10.2. The first kappa shape index (κ1) is 19.4. The number of nitrogens with one attached hydrogen (secondary N) is 2. The third-order valence-electron chi connectivity index (χ3n) is 3.17. The topological polar surface area (TPSA) is 71.1 Å². The van der Waals surface area contributed by atoms with E-state index in [0.29, 0.717) is 23.0 Å². The Balaban J connectivity index is 1.70. The molecule has 1 aromatic carbocycles. The number of carbonyl (C=O) groups excluding carboxylic acids is 2. The highest BCUT2D eigenvalue weighted by Gasteiger charge is 2.08. The van der Waals surface area contributed by atoms with Gasteiger partial charge in [0, 0.05) is 23.2 Å². The lowest BCUT2D eigenvalue weighted by Crippen LogP contribution is -2.14. The zero-order valence-electron chi connectivity index (χ0n) is 13.9. The summed E-state index contributed by atoms with van der Waals surface area (Å²) >= 11 is 2.81. The van der Waals surface area contributed by atoms with Gasteiger partial charge in [0.25, 0.3) is 0 Å². The van der Waals surface area contributed by atoms with Gasteiger partial charge in [-0.25, -0.2) is 9.37 Å². The summed E-state index contributed by atoms with van der Waals surface area (Å²) in [7, 11) is 0. The van der Waals surface area contributed by atoms with Crippen LogP contribution in [0.25, 0.3) is 0 Å². The van der Waals surface area contributed by atoms with Crippen molar-refractivity contribution in [1.82, 2.24) is 4.98 Å². The largest absolute Gasteiger partial charge is 0.325 e. The fraction of sp³-hybridized carbons (Fsp3) is 0.353. The summed E-state index contributed by atoms with van der Waals surface area (Å²) in [4.78, 5) is 27.8. The molecule has 1 aromatic heterocycles. The van der Waals surface area contributed by atoms with E-state index in [0.717, 1.165) is 18.5 Å². The van der Waals surface area contributed by atoms with Gasteiger partial charge in [0.2, 0.25) is 11.8 Å². The second kappa shape index (κ2) is 10.1. The van der Waals surface area contributed by atoms with E-state index in [4.69, 9.17) is 0 Å². The van der Waals surface area contributed by atoms with Crippen molar-refractivity contribution < 1.29 is 14.0 Å². The summed E-state index contributed by atoms with van der Waals surface area (Å²) in [5.74, 6) is 0.341. The van der Waals surface area contributed by atoms with Crippen molar-refractivity contribution >= 4 is 45.7 Å². The average molecular weight is 381 g/mol. The van der Waals surface area contributed by atoms with Crippen LogP contribution < -0.4 is 10.6 Å². The second-order valence-electron chi connectivity index (χ2n) is 5.34. The van der Waals surface area contributed by atoms with Gasteiger partial charge in [0.15, 0.2) is 5.13 Å². The van der Waals surface area contributed by atoms with Crippen LogP contribution in [-0.2, 0) is 15.3 Å². The molecule has 0 fully saturated rings. The Hall–Kier alpha value is -1.93. The van der Waals surface area contributed by atoms with Crippen molar-refractivity contribution in [3.63, 3.8) is 0 Å². The van der Waals surface area contributed by atoms with Crippen molar-refractivity contribution in [1.29, 1.82) is 0 Å². The molecular weight excluding hydrogens is 361 g/mol. The van der Waals surface area contributed by atoms with Gasteiger partial charge in [-0.3, -0.25) is 9.59 Å². The van der Waals surface area contributed by atoms with E-state index in [1.165, 1.54) is 47.4 Å². The number of benzene rings is 1. The van der Waals surface area contributed by atoms with Crippen molar-refractivity contribution in [3.8, 4) is 0 Å². The number of rotatable bonds is 9. The molecule has 134 valence electrons. The number of thioether (sulfide) groups is 1. The third kappa shape index (κ3) is 7.23. The van der Waals surface area contributed by atoms with Gasteiger partial charge in [0.05, 0.1) is 11.4 Å². The molecule has 0 unspecified atom stereocenters. The van der Waals surface area contributed by atoms with Crippen LogP contribution in [0.1, 0.15) is 31.9 Å². The molecule has 25 heavy (non-hydrogen) atoms. The van der Waals surface area contributed by atoms with Gasteiger partial charge in [-0.05, 0) is 30.7 Å². The molecule has 0 radical (unpaired) electrons. The number of nitrogens with zero attached hydrogens (tertiary/aromatic N) is 1. The molecule has 2 rings (SSSR count). The fourth-order valence-corrected chi connectivity index (χ4v) is 3.48.